The van der Waals surface area contributed by atoms with Gasteiger partial charge in [-0.05, 0) is 12.1 Å². The largest absolute Gasteiger partial charge is 0.497 e. The summed E-state index contributed by atoms with van der Waals surface area (Å²) in [5.74, 6) is 1.20. The van der Waals surface area contributed by atoms with E-state index in [-0.39, 0.29) is 12.4 Å². The number of rotatable bonds is 2. The number of ketones is 1. The van der Waals surface area contributed by atoms with Gasteiger partial charge in [0.1, 0.15) is 18.1 Å². The van der Waals surface area contributed by atoms with Crippen molar-refractivity contribution >= 4 is 5.78 Å². The van der Waals surface area contributed by atoms with Crippen LogP contribution in [0.3, 0.4) is 0 Å². The Morgan fingerprint density at radius 1 is 1.40 bits per heavy atom. The van der Waals surface area contributed by atoms with Crippen LogP contribution in [-0.2, 0) is 4.74 Å². The van der Waals surface area contributed by atoms with E-state index in [1.165, 1.54) is 7.11 Å². The Hall–Kier alpha value is -1.55. The Balaban J connectivity index is 2.37. The van der Waals surface area contributed by atoms with Gasteiger partial charge in [0.25, 0.3) is 0 Å². The van der Waals surface area contributed by atoms with Gasteiger partial charge in [-0.3, -0.25) is 4.79 Å². The average molecular weight is 208 g/mol. The van der Waals surface area contributed by atoms with Gasteiger partial charge in [0.15, 0.2) is 11.9 Å². The maximum Gasteiger partial charge on any atom is 0.198 e. The van der Waals surface area contributed by atoms with Gasteiger partial charge in [0.2, 0.25) is 0 Å². The smallest absolute Gasteiger partial charge is 0.198 e. The molecule has 0 aromatic heterocycles. The summed E-state index contributed by atoms with van der Waals surface area (Å²) in [6.45, 7) is 0.259. The fourth-order valence-electron chi connectivity index (χ4n) is 1.54. The molecule has 80 valence electrons. The number of hydrogen-bond acceptors (Lipinski definition) is 4. The molecule has 0 fully saturated rings. The molecule has 1 heterocycles. The highest BCUT2D eigenvalue weighted by atomic mass is 16.5. The van der Waals surface area contributed by atoms with Crippen molar-refractivity contribution in [1.82, 2.24) is 0 Å². The fraction of sp³-hybridized carbons (Fsp3) is 0.364. The molecule has 0 spiro atoms. The number of Topliss-reactive ketones (excluding diaryl/α,β-unsaturated/α-hetero) is 1. The molecule has 0 saturated carbocycles. The maximum atomic E-state index is 11.8. The van der Waals surface area contributed by atoms with Gasteiger partial charge >= 0.3 is 0 Å². The number of fused-ring (bicyclic) bond motifs is 1. The standard InChI is InChI=1S/C11H12O4/c1-13-7-3-4-8-9(5-7)15-6-10(14-2)11(8)12/h3-5,10H,6H2,1-2H3. The molecule has 2 rings (SSSR count). The summed E-state index contributed by atoms with van der Waals surface area (Å²) in [6, 6.07) is 5.14. The first-order valence-electron chi connectivity index (χ1n) is 4.64. The molecule has 1 aromatic rings. The summed E-state index contributed by atoms with van der Waals surface area (Å²) in [5, 5.41) is 0. The van der Waals surface area contributed by atoms with E-state index in [9.17, 15) is 4.79 Å². The number of hydrogen-bond donors (Lipinski definition) is 0. The van der Waals surface area contributed by atoms with Crippen LogP contribution in [0, 0.1) is 0 Å². The molecule has 0 amide bonds. The topological polar surface area (TPSA) is 44.8 Å². The van der Waals surface area contributed by atoms with Crippen molar-refractivity contribution in [2.45, 2.75) is 6.10 Å². The molecule has 1 unspecified atom stereocenters. The van der Waals surface area contributed by atoms with Gasteiger partial charge in [-0.1, -0.05) is 0 Å². The summed E-state index contributed by atoms with van der Waals surface area (Å²) in [4.78, 5) is 11.8. The monoisotopic (exact) mass is 208 g/mol. The van der Waals surface area contributed by atoms with Crippen LogP contribution in [0.25, 0.3) is 0 Å². The van der Waals surface area contributed by atoms with Crippen molar-refractivity contribution in [3.8, 4) is 11.5 Å². The van der Waals surface area contributed by atoms with Crippen LogP contribution in [0.5, 0.6) is 11.5 Å². The number of carbonyl (C=O) groups is 1. The Morgan fingerprint density at radius 3 is 2.87 bits per heavy atom. The van der Waals surface area contributed by atoms with E-state index in [0.29, 0.717) is 17.1 Å². The number of carbonyl (C=O) groups excluding carboxylic acids is 1. The highest BCUT2D eigenvalue weighted by Gasteiger charge is 2.28. The second-order valence-corrected chi connectivity index (χ2v) is 3.26. The van der Waals surface area contributed by atoms with Crippen LogP contribution in [0.1, 0.15) is 10.4 Å². The third kappa shape index (κ3) is 1.68. The van der Waals surface area contributed by atoms with Crippen molar-refractivity contribution < 1.29 is 19.0 Å². The highest BCUT2D eigenvalue weighted by Crippen LogP contribution is 2.29. The first-order chi connectivity index (χ1) is 7.26. The lowest BCUT2D eigenvalue weighted by Crippen LogP contribution is -2.34. The van der Waals surface area contributed by atoms with Crippen molar-refractivity contribution in [2.24, 2.45) is 0 Å². The predicted molar refractivity (Wildman–Crippen MR) is 53.6 cm³/mol. The number of methoxy groups -OCH3 is 2. The third-order valence-corrected chi connectivity index (χ3v) is 2.42. The van der Waals surface area contributed by atoms with Crippen LogP contribution in [-0.4, -0.2) is 32.7 Å². The highest BCUT2D eigenvalue weighted by molar-refractivity contribution is 6.03. The molecule has 4 nitrogen and oxygen atoms in total. The van der Waals surface area contributed by atoms with E-state index in [1.807, 2.05) is 0 Å². The quantitative estimate of drug-likeness (QED) is 0.734. The van der Waals surface area contributed by atoms with Gasteiger partial charge in [0, 0.05) is 13.2 Å². The molecule has 1 aliphatic heterocycles. The molecular weight excluding hydrogens is 196 g/mol. The molecule has 15 heavy (non-hydrogen) atoms. The molecule has 0 bridgehead atoms. The number of benzene rings is 1. The van der Waals surface area contributed by atoms with E-state index in [1.54, 1.807) is 25.3 Å². The SMILES string of the molecule is COc1ccc2c(c1)OCC(OC)C2=O. The van der Waals surface area contributed by atoms with E-state index in [2.05, 4.69) is 0 Å². The normalized spacial score (nSPS) is 19.3. The van der Waals surface area contributed by atoms with Gasteiger partial charge < -0.3 is 14.2 Å². The van der Waals surface area contributed by atoms with Crippen LogP contribution in [0.2, 0.25) is 0 Å². The summed E-state index contributed by atoms with van der Waals surface area (Å²) in [5.41, 5.74) is 0.550. The Kier molecular flexibility index (Phi) is 2.60. The fourth-order valence-corrected chi connectivity index (χ4v) is 1.54. The van der Waals surface area contributed by atoms with Gasteiger partial charge in [-0.15, -0.1) is 0 Å². The number of ether oxygens (including phenoxy) is 3. The van der Waals surface area contributed by atoms with Crippen LogP contribution < -0.4 is 9.47 Å². The van der Waals surface area contributed by atoms with Gasteiger partial charge in [-0.25, -0.2) is 0 Å². The van der Waals surface area contributed by atoms with Crippen LogP contribution in [0.4, 0.5) is 0 Å². The predicted octanol–water partition coefficient (Wildman–Crippen LogP) is 1.29. The summed E-state index contributed by atoms with van der Waals surface area (Å²) >= 11 is 0. The van der Waals surface area contributed by atoms with Crippen molar-refractivity contribution in [2.75, 3.05) is 20.8 Å². The summed E-state index contributed by atoms with van der Waals surface area (Å²) in [6.07, 6.45) is -0.495. The van der Waals surface area contributed by atoms with E-state index < -0.39 is 6.10 Å². The lowest BCUT2D eigenvalue weighted by atomic mass is 10.0. The molecular formula is C11H12O4. The Morgan fingerprint density at radius 2 is 2.20 bits per heavy atom. The van der Waals surface area contributed by atoms with E-state index in [0.717, 1.165) is 0 Å². The van der Waals surface area contributed by atoms with Crippen molar-refractivity contribution in [1.29, 1.82) is 0 Å². The van der Waals surface area contributed by atoms with Crippen LogP contribution in [0.15, 0.2) is 18.2 Å². The molecule has 1 aliphatic rings. The molecule has 1 atom stereocenters. The van der Waals surface area contributed by atoms with Gasteiger partial charge in [0.05, 0.1) is 12.7 Å². The minimum Gasteiger partial charge on any atom is -0.497 e. The van der Waals surface area contributed by atoms with Crippen molar-refractivity contribution in [3.63, 3.8) is 0 Å². The lowest BCUT2D eigenvalue weighted by Gasteiger charge is -2.23. The van der Waals surface area contributed by atoms with Gasteiger partial charge in [-0.2, -0.15) is 0 Å². The molecule has 1 aromatic carbocycles. The average Bonchev–Trinajstić information content (AvgIpc) is 2.29. The summed E-state index contributed by atoms with van der Waals surface area (Å²) in [7, 11) is 3.07. The van der Waals surface area contributed by atoms with Crippen LogP contribution >= 0.6 is 0 Å². The Bertz CT molecular complexity index is 386. The zero-order valence-corrected chi connectivity index (χ0v) is 8.65. The summed E-state index contributed by atoms with van der Waals surface area (Å²) < 4.78 is 15.5. The molecule has 0 aliphatic carbocycles. The third-order valence-electron chi connectivity index (χ3n) is 2.42. The zero-order valence-electron chi connectivity index (χ0n) is 8.65. The zero-order chi connectivity index (χ0) is 10.8. The Labute approximate surface area is 87.8 Å². The molecule has 0 radical (unpaired) electrons. The lowest BCUT2D eigenvalue weighted by molar-refractivity contribution is 0.0367. The first-order valence-corrected chi connectivity index (χ1v) is 4.64. The molecule has 4 heteroatoms. The molecule has 0 N–H and O–H groups in total. The van der Waals surface area contributed by atoms with Crippen molar-refractivity contribution in [3.05, 3.63) is 23.8 Å². The second-order valence-electron chi connectivity index (χ2n) is 3.26. The second kappa shape index (κ2) is 3.90. The van der Waals surface area contributed by atoms with E-state index in [4.69, 9.17) is 14.2 Å². The maximum absolute atomic E-state index is 11.8. The first kappa shape index (κ1) is 9.98. The minimum atomic E-state index is -0.495. The molecule has 0 saturated heterocycles. The minimum absolute atomic E-state index is 0.0404. The van der Waals surface area contributed by atoms with E-state index >= 15 is 0 Å².